The van der Waals surface area contributed by atoms with E-state index in [1.165, 1.54) is 12.4 Å². The highest BCUT2D eigenvalue weighted by atomic mass is 35.5. The van der Waals surface area contributed by atoms with E-state index in [4.69, 9.17) is 16.3 Å². The first kappa shape index (κ1) is 17.4. The monoisotopic (exact) mass is 358 g/mol. The van der Waals surface area contributed by atoms with Crippen molar-refractivity contribution in [2.45, 2.75) is 32.6 Å². The number of hydrogen-bond acceptors (Lipinski definition) is 5. The maximum Gasteiger partial charge on any atom is 0.258 e. The molecule has 0 unspecified atom stereocenters. The second-order valence-electron chi connectivity index (χ2n) is 6.02. The molecule has 0 saturated carbocycles. The molecule has 1 N–H and O–H groups in total. The Kier molecular flexibility index (Phi) is 5.28. The number of amides is 1. The van der Waals surface area contributed by atoms with E-state index in [9.17, 15) is 4.79 Å². The first-order valence-corrected chi connectivity index (χ1v) is 8.55. The number of carbonyl (C=O) groups is 1. The predicted molar refractivity (Wildman–Crippen MR) is 96.5 cm³/mol. The summed E-state index contributed by atoms with van der Waals surface area (Å²) in [6, 6.07) is 1.77. The molecule has 25 heavy (non-hydrogen) atoms. The molecule has 1 amide bonds. The summed E-state index contributed by atoms with van der Waals surface area (Å²) in [5, 5.41) is 3.02. The number of carbonyl (C=O) groups excluding carboxylic acids is 1. The summed E-state index contributed by atoms with van der Waals surface area (Å²) in [6.07, 6.45) is 8.50. The van der Waals surface area contributed by atoms with Crippen LogP contribution in [-0.4, -0.2) is 27.5 Å². The van der Waals surface area contributed by atoms with Gasteiger partial charge < -0.3 is 10.1 Å². The fourth-order valence-corrected chi connectivity index (χ4v) is 2.65. The van der Waals surface area contributed by atoms with E-state index in [1.54, 1.807) is 12.3 Å². The van der Waals surface area contributed by atoms with E-state index in [1.807, 2.05) is 19.9 Å². The molecule has 0 fully saturated rings. The number of nitrogens with one attached hydrogen (secondary N) is 1. The fraction of sp³-hybridized carbons (Fsp3) is 0.333. The Morgan fingerprint density at radius 1 is 1.28 bits per heavy atom. The van der Waals surface area contributed by atoms with E-state index in [0.717, 1.165) is 12.8 Å². The summed E-state index contributed by atoms with van der Waals surface area (Å²) in [5.74, 6) is 1.25. The average Bonchev–Trinajstić information content (AvgIpc) is 2.64. The third-order valence-electron chi connectivity index (χ3n) is 3.79. The lowest BCUT2D eigenvalue weighted by Crippen LogP contribution is -2.16. The number of nitrogens with zero attached hydrogens (tertiary/aromatic N) is 3. The summed E-state index contributed by atoms with van der Waals surface area (Å²) in [4.78, 5) is 25.0. The van der Waals surface area contributed by atoms with Gasteiger partial charge in [-0.25, -0.2) is 15.0 Å². The first-order chi connectivity index (χ1) is 12.1. The molecule has 6 nitrogen and oxygen atoms in total. The summed E-state index contributed by atoms with van der Waals surface area (Å²) >= 11 is 6.21. The smallest absolute Gasteiger partial charge is 0.258 e. The molecule has 0 atom stereocenters. The number of allylic oxidation sites excluding steroid dienone is 1. The Hall–Kier alpha value is -2.47. The van der Waals surface area contributed by atoms with Gasteiger partial charge in [-0.2, -0.15) is 0 Å². The van der Waals surface area contributed by atoms with Gasteiger partial charge in [-0.3, -0.25) is 4.79 Å². The van der Waals surface area contributed by atoms with Crippen LogP contribution in [0.25, 0.3) is 5.76 Å². The number of rotatable bonds is 4. The van der Waals surface area contributed by atoms with Crippen molar-refractivity contribution in [2.75, 3.05) is 11.9 Å². The van der Waals surface area contributed by atoms with Gasteiger partial charge in [-0.05, 0) is 25.0 Å². The van der Waals surface area contributed by atoms with Crippen LogP contribution >= 0.6 is 11.6 Å². The Balaban J connectivity index is 1.87. The van der Waals surface area contributed by atoms with Crippen LogP contribution in [0.5, 0.6) is 0 Å². The van der Waals surface area contributed by atoms with Crippen molar-refractivity contribution in [3.63, 3.8) is 0 Å². The van der Waals surface area contributed by atoms with Crippen LogP contribution in [0, 0.1) is 0 Å². The molecule has 3 heterocycles. The van der Waals surface area contributed by atoms with Gasteiger partial charge in [0.05, 0.1) is 17.9 Å². The predicted octanol–water partition coefficient (Wildman–Crippen LogP) is 4.05. The first-order valence-electron chi connectivity index (χ1n) is 8.17. The molecule has 0 saturated heterocycles. The van der Waals surface area contributed by atoms with Crippen molar-refractivity contribution in [3.8, 4) is 0 Å². The standard InChI is InChI=1S/C18H19ClN4O2/c1-11(2)17-21-9-12(10-22-17)18(24)23-15-13(6-7-20-16(15)19)14-5-3-4-8-25-14/h5-7,9-11H,3-4,8H2,1-2H3,(H,23,24). The Morgan fingerprint density at radius 2 is 2.04 bits per heavy atom. The van der Waals surface area contributed by atoms with Gasteiger partial charge in [0, 0.05) is 30.1 Å². The van der Waals surface area contributed by atoms with Gasteiger partial charge in [0.2, 0.25) is 0 Å². The maximum atomic E-state index is 12.5. The van der Waals surface area contributed by atoms with Gasteiger partial charge in [0.15, 0.2) is 5.15 Å². The van der Waals surface area contributed by atoms with Crippen LogP contribution < -0.4 is 5.32 Å². The number of pyridine rings is 1. The van der Waals surface area contributed by atoms with Crippen LogP contribution in [0.3, 0.4) is 0 Å². The second-order valence-corrected chi connectivity index (χ2v) is 6.38. The molecular formula is C18H19ClN4O2. The SMILES string of the molecule is CC(C)c1ncc(C(=O)Nc2c(C3=CCCCO3)ccnc2Cl)cn1. The minimum atomic E-state index is -0.345. The molecule has 0 radical (unpaired) electrons. The quantitative estimate of drug-likeness (QED) is 0.834. The number of ether oxygens (including phenoxy) is 1. The Labute approximate surface area is 151 Å². The zero-order valence-corrected chi connectivity index (χ0v) is 14.9. The topological polar surface area (TPSA) is 77.0 Å². The van der Waals surface area contributed by atoms with Gasteiger partial charge in [-0.15, -0.1) is 0 Å². The van der Waals surface area contributed by atoms with Crippen molar-refractivity contribution in [1.82, 2.24) is 15.0 Å². The number of hydrogen-bond donors (Lipinski definition) is 1. The molecule has 2 aromatic heterocycles. The van der Waals surface area contributed by atoms with Crippen LogP contribution in [0.2, 0.25) is 5.15 Å². The lowest BCUT2D eigenvalue weighted by molar-refractivity contribution is 0.102. The highest BCUT2D eigenvalue weighted by Crippen LogP contribution is 2.32. The van der Waals surface area contributed by atoms with E-state index in [-0.39, 0.29) is 17.0 Å². The van der Waals surface area contributed by atoms with Crippen molar-refractivity contribution in [2.24, 2.45) is 0 Å². The van der Waals surface area contributed by atoms with Crippen LogP contribution in [0.15, 0.2) is 30.7 Å². The average molecular weight is 359 g/mol. The van der Waals surface area contributed by atoms with Crippen LogP contribution in [-0.2, 0) is 4.74 Å². The largest absolute Gasteiger partial charge is 0.493 e. The van der Waals surface area contributed by atoms with E-state index in [0.29, 0.717) is 35.0 Å². The summed E-state index contributed by atoms with van der Waals surface area (Å²) in [7, 11) is 0. The molecule has 3 rings (SSSR count). The van der Waals surface area contributed by atoms with E-state index in [2.05, 4.69) is 20.3 Å². The van der Waals surface area contributed by atoms with E-state index >= 15 is 0 Å². The Morgan fingerprint density at radius 3 is 2.68 bits per heavy atom. The lowest BCUT2D eigenvalue weighted by atomic mass is 10.1. The molecule has 0 aliphatic carbocycles. The van der Waals surface area contributed by atoms with Gasteiger partial charge in [0.1, 0.15) is 11.6 Å². The van der Waals surface area contributed by atoms with Crippen LogP contribution in [0.1, 0.15) is 54.4 Å². The minimum absolute atomic E-state index is 0.201. The van der Waals surface area contributed by atoms with Crippen molar-refractivity contribution in [1.29, 1.82) is 0 Å². The van der Waals surface area contributed by atoms with Gasteiger partial charge in [-0.1, -0.05) is 25.4 Å². The lowest BCUT2D eigenvalue weighted by Gasteiger charge is -2.18. The number of halogens is 1. The minimum Gasteiger partial charge on any atom is -0.493 e. The number of anilines is 1. The highest BCUT2D eigenvalue weighted by molar-refractivity contribution is 6.33. The van der Waals surface area contributed by atoms with Crippen LogP contribution in [0.4, 0.5) is 5.69 Å². The highest BCUT2D eigenvalue weighted by Gasteiger charge is 2.18. The third kappa shape index (κ3) is 3.96. The Bertz CT molecular complexity index is 803. The molecular weight excluding hydrogens is 340 g/mol. The zero-order valence-electron chi connectivity index (χ0n) is 14.1. The molecule has 0 spiro atoms. The molecule has 0 bridgehead atoms. The summed E-state index contributed by atoms with van der Waals surface area (Å²) < 4.78 is 5.69. The third-order valence-corrected chi connectivity index (χ3v) is 4.08. The molecule has 130 valence electrons. The molecule has 1 aliphatic heterocycles. The van der Waals surface area contributed by atoms with E-state index < -0.39 is 0 Å². The van der Waals surface area contributed by atoms with Gasteiger partial charge in [0.25, 0.3) is 5.91 Å². The molecule has 0 aromatic carbocycles. The number of aromatic nitrogens is 3. The maximum absolute atomic E-state index is 12.5. The van der Waals surface area contributed by atoms with Crippen molar-refractivity contribution < 1.29 is 9.53 Å². The zero-order chi connectivity index (χ0) is 17.8. The van der Waals surface area contributed by atoms with Gasteiger partial charge >= 0.3 is 0 Å². The normalized spacial score (nSPS) is 14.0. The molecule has 7 heteroatoms. The molecule has 1 aliphatic rings. The fourth-order valence-electron chi connectivity index (χ4n) is 2.44. The summed E-state index contributed by atoms with van der Waals surface area (Å²) in [6.45, 7) is 4.63. The second kappa shape index (κ2) is 7.61. The summed E-state index contributed by atoms with van der Waals surface area (Å²) in [5.41, 5.74) is 1.50. The van der Waals surface area contributed by atoms with Crippen molar-refractivity contribution in [3.05, 3.63) is 52.8 Å². The van der Waals surface area contributed by atoms with Crippen molar-refractivity contribution >= 4 is 29.0 Å². The molecule has 2 aromatic rings.